The third-order valence-electron chi connectivity index (χ3n) is 3.03. The Morgan fingerprint density at radius 1 is 1.09 bits per heavy atom. The highest BCUT2D eigenvalue weighted by Crippen LogP contribution is 2.22. The van der Waals surface area contributed by atoms with E-state index in [9.17, 15) is 16.8 Å². The van der Waals surface area contributed by atoms with Crippen LogP contribution in [0, 0.1) is 0 Å². The van der Waals surface area contributed by atoms with Gasteiger partial charge in [0.15, 0.2) is 0 Å². The monoisotopic (exact) mass is 385 g/mol. The molecule has 0 amide bonds. The quantitative estimate of drug-likeness (QED) is 0.684. The van der Waals surface area contributed by atoms with E-state index in [-0.39, 0.29) is 34.8 Å². The molecule has 2 N–H and O–H groups in total. The largest absolute Gasteiger partial charge is 0.313 e. The second kappa shape index (κ2) is 8.95. The normalized spacial score (nSPS) is 13.6. The minimum atomic E-state index is -3.92. The summed E-state index contributed by atoms with van der Waals surface area (Å²) in [6, 6.07) is 5.51. The molecule has 0 aliphatic rings. The second-order valence-corrected chi connectivity index (χ2v) is 8.90. The van der Waals surface area contributed by atoms with Crippen molar-refractivity contribution < 1.29 is 16.8 Å². The standard InChI is InChI=1S/C13H23N3O4S2.ClH/c1-5-14-11(2)10-15-21(17,18)12-8-6-7-9-13(12)22(19,20)16(3)4;/h6-9,11,14-15H,5,10H2,1-4H3;1H/t11-;/m1./s1. The lowest BCUT2D eigenvalue weighted by atomic mass is 10.3. The summed E-state index contributed by atoms with van der Waals surface area (Å²) in [6.45, 7) is 4.65. The van der Waals surface area contributed by atoms with Gasteiger partial charge in [0.25, 0.3) is 0 Å². The van der Waals surface area contributed by atoms with Gasteiger partial charge in [-0.25, -0.2) is 25.9 Å². The molecule has 1 aromatic carbocycles. The molecule has 23 heavy (non-hydrogen) atoms. The molecule has 1 rings (SSSR count). The fraction of sp³-hybridized carbons (Fsp3) is 0.538. The van der Waals surface area contributed by atoms with Crippen molar-refractivity contribution in [2.45, 2.75) is 29.7 Å². The van der Waals surface area contributed by atoms with Crippen molar-refractivity contribution in [2.24, 2.45) is 0 Å². The predicted octanol–water partition coefficient (Wildman–Crippen LogP) is 0.635. The average Bonchev–Trinajstić information content (AvgIpc) is 2.45. The van der Waals surface area contributed by atoms with Gasteiger partial charge in [-0.1, -0.05) is 19.1 Å². The van der Waals surface area contributed by atoms with Crippen molar-refractivity contribution in [1.29, 1.82) is 0 Å². The summed E-state index contributed by atoms with van der Waals surface area (Å²) in [5, 5.41) is 3.08. The molecule has 0 unspecified atom stereocenters. The Balaban J connectivity index is 0.00000484. The predicted molar refractivity (Wildman–Crippen MR) is 92.9 cm³/mol. The molecule has 0 spiro atoms. The van der Waals surface area contributed by atoms with Crippen LogP contribution in [0.2, 0.25) is 0 Å². The van der Waals surface area contributed by atoms with Gasteiger partial charge in [0.2, 0.25) is 20.0 Å². The van der Waals surface area contributed by atoms with E-state index in [2.05, 4.69) is 10.0 Å². The molecule has 0 aliphatic heterocycles. The van der Waals surface area contributed by atoms with Gasteiger partial charge in [-0.05, 0) is 25.6 Å². The fourth-order valence-electron chi connectivity index (χ4n) is 1.82. The summed E-state index contributed by atoms with van der Waals surface area (Å²) >= 11 is 0. The minimum Gasteiger partial charge on any atom is -0.313 e. The summed E-state index contributed by atoms with van der Waals surface area (Å²) in [5.74, 6) is 0. The zero-order chi connectivity index (χ0) is 17.0. The molecule has 10 heteroatoms. The maximum atomic E-state index is 12.4. The Hall–Kier alpha value is -0.710. The second-order valence-electron chi connectivity index (χ2n) is 5.04. The van der Waals surface area contributed by atoms with E-state index < -0.39 is 20.0 Å². The molecule has 0 aromatic heterocycles. The number of likely N-dealkylation sites (N-methyl/N-ethyl adjacent to an activating group) is 1. The zero-order valence-electron chi connectivity index (χ0n) is 13.6. The highest BCUT2D eigenvalue weighted by atomic mass is 35.5. The summed E-state index contributed by atoms with van der Waals surface area (Å²) < 4.78 is 52.8. The van der Waals surface area contributed by atoms with Crippen molar-refractivity contribution >= 4 is 32.5 Å². The smallest absolute Gasteiger partial charge is 0.243 e. The summed E-state index contributed by atoms with van der Waals surface area (Å²) in [7, 11) is -5.04. The third-order valence-corrected chi connectivity index (χ3v) is 6.51. The van der Waals surface area contributed by atoms with Crippen LogP contribution in [0.4, 0.5) is 0 Å². The maximum absolute atomic E-state index is 12.4. The van der Waals surface area contributed by atoms with Crippen LogP contribution in [0.1, 0.15) is 13.8 Å². The average molecular weight is 386 g/mol. The minimum absolute atomic E-state index is 0. The van der Waals surface area contributed by atoms with Crippen LogP contribution in [0.15, 0.2) is 34.1 Å². The van der Waals surface area contributed by atoms with E-state index >= 15 is 0 Å². The molecule has 134 valence electrons. The first-order valence-corrected chi connectivity index (χ1v) is 9.80. The molecule has 0 fully saturated rings. The topological polar surface area (TPSA) is 95.6 Å². The van der Waals surface area contributed by atoms with Crippen molar-refractivity contribution in [3.8, 4) is 0 Å². The summed E-state index contributed by atoms with van der Waals surface area (Å²) in [5.41, 5.74) is 0. The number of hydrogen-bond acceptors (Lipinski definition) is 5. The Bertz CT molecular complexity index is 706. The first-order valence-electron chi connectivity index (χ1n) is 6.87. The van der Waals surface area contributed by atoms with E-state index in [0.29, 0.717) is 6.54 Å². The molecule has 0 aliphatic carbocycles. The van der Waals surface area contributed by atoms with Crippen LogP contribution in [-0.2, 0) is 20.0 Å². The van der Waals surface area contributed by atoms with Gasteiger partial charge in [-0.3, -0.25) is 0 Å². The van der Waals surface area contributed by atoms with Crippen molar-refractivity contribution in [2.75, 3.05) is 27.2 Å². The number of rotatable bonds is 8. The van der Waals surface area contributed by atoms with Crippen LogP contribution < -0.4 is 10.0 Å². The van der Waals surface area contributed by atoms with Crippen LogP contribution in [-0.4, -0.2) is 54.4 Å². The molecule has 1 aromatic rings. The Morgan fingerprint density at radius 3 is 2.09 bits per heavy atom. The number of halogens is 1. The Morgan fingerprint density at radius 2 is 1.61 bits per heavy atom. The van der Waals surface area contributed by atoms with Crippen molar-refractivity contribution in [3.05, 3.63) is 24.3 Å². The van der Waals surface area contributed by atoms with Gasteiger partial charge >= 0.3 is 0 Å². The van der Waals surface area contributed by atoms with Crippen molar-refractivity contribution in [3.63, 3.8) is 0 Å². The van der Waals surface area contributed by atoms with E-state index in [4.69, 9.17) is 0 Å². The van der Waals surface area contributed by atoms with E-state index in [0.717, 1.165) is 4.31 Å². The van der Waals surface area contributed by atoms with Gasteiger partial charge in [-0.15, -0.1) is 12.4 Å². The third kappa shape index (κ3) is 5.70. The molecule has 7 nitrogen and oxygen atoms in total. The zero-order valence-corrected chi connectivity index (χ0v) is 16.1. The SMILES string of the molecule is CCN[C@H](C)CNS(=O)(=O)c1ccccc1S(=O)(=O)N(C)C.Cl. The highest BCUT2D eigenvalue weighted by Gasteiger charge is 2.27. The molecule has 0 heterocycles. The lowest BCUT2D eigenvalue weighted by Gasteiger charge is -2.17. The molecule has 0 bridgehead atoms. The van der Waals surface area contributed by atoms with Gasteiger partial charge in [0, 0.05) is 26.7 Å². The van der Waals surface area contributed by atoms with Crippen LogP contribution in [0.25, 0.3) is 0 Å². The molecular weight excluding hydrogens is 362 g/mol. The van der Waals surface area contributed by atoms with Gasteiger partial charge in [0.05, 0.1) is 0 Å². The van der Waals surface area contributed by atoms with E-state index in [1.54, 1.807) is 0 Å². The fourth-order valence-corrected chi connectivity index (χ4v) is 4.64. The Labute approximate surface area is 145 Å². The molecule has 1 atom stereocenters. The van der Waals surface area contributed by atoms with E-state index in [1.165, 1.54) is 38.4 Å². The summed E-state index contributed by atoms with van der Waals surface area (Å²) in [4.78, 5) is -0.476. The van der Waals surface area contributed by atoms with Crippen molar-refractivity contribution in [1.82, 2.24) is 14.3 Å². The first kappa shape index (κ1) is 22.3. The van der Waals surface area contributed by atoms with Crippen LogP contribution >= 0.6 is 12.4 Å². The molecule has 0 saturated heterocycles. The summed E-state index contributed by atoms with van der Waals surface area (Å²) in [6.07, 6.45) is 0. The highest BCUT2D eigenvalue weighted by molar-refractivity contribution is 7.92. The van der Waals surface area contributed by atoms with Crippen LogP contribution in [0.5, 0.6) is 0 Å². The van der Waals surface area contributed by atoms with Crippen LogP contribution in [0.3, 0.4) is 0 Å². The lowest BCUT2D eigenvalue weighted by molar-refractivity contribution is 0.514. The van der Waals surface area contributed by atoms with E-state index in [1.807, 2.05) is 13.8 Å². The molecular formula is C13H24ClN3O4S2. The number of hydrogen-bond donors (Lipinski definition) is 2. The van der Waals surface area contributed by atoms with Gasteiger partial charge in [0.1, 0.15) is 9.79 Å². The first-order chi connectivity index (χ1) is 10.1. The molecule has 0 saturated carbocycles. The number of nitrogens with zero attached hydrogens (tertiary/aromatic N) is 1. The van der Waals surface area contributed by atoms with Gasteiger partial charge < -0.3 is 5.32 Å². The molecule has 0 radical (unpaired) electrons. The lowest BCUT2D eigenvalue weighted by Crippen LogP contribution is -2.39. The number of benzene rings is 1. The maximum Gasteiger partial charge on any atom is 0.243 e. The number of sulfonamides is 2. The Kier molecular flexibility index (Phi) is 8.68. The number of nitrogens with one attached hydrogen (secondary N) is 2. The van der Waals surface area contributed by atoms with Gasteiger partial charge in [-0.2, -0.15) is 0 Å².